The Morgan fingerprint density at radius 3 is 2.40 bits per heavy atom. The number of thioether (sulfide) groups is 1. The van der Waals surface area contributed by atoms with Crippen LogP contribution in [0.25, 0.3) is 21.8 Å². The molecule has 0 saturated heterocycles. The van der Waals surface area contributed by atoms with Gasteiger partial charge in [0.15, 0.2) is 0 Å². The second kappa shape index (κ2) is 6.76. The second-order valence-electron chi connectivity index (χ2n) is 5.83. The van der Waals surface area contributed by atoms with Gasteiger partial charge in [0.25, 0.3) is 5.91 Å². The van der Waals surface area contributed by atoms with Crippen molar-refractivity contribution in [3.05, 3.63) is 36.4 Å². The maximum absolute atomic E-state index is 12.1. The number of sulfonamides is 1. The number of rotatable bonds is 5. The van der Waals surface area contributed by atoms with Gasteiger partial charge in [0, 0.05) is 26.7 Å². The summed E-state index contributed by atoms with van der Waals surface area (Å²) in [5, 5.41) is 2.10. The Hall–Kier alpha value is -1.93. The van der Waals surface area contributed by atoms with Crippen LogP contribution in [0.5, 0.6) is 0 Å². The lowest BCUT2D eigenvalue weighted by molar-refractivity contribution is -0.119. The highest BCUT2D eigenvalue weighted by molar-refractivity contribution is 7.98. The van der Waals surface area contributed by atoms with Gasteiger partial charge in [-0.3, -0.25) is 9.52 Å². The lowest BCUT2D eigenvalue weighted by Gasteiger charge is -2.08. The summed E-state index contributed by atoms with van der Waals surface area (Å²) in [5.41, 5.74) is 2.91. The highest BCUT2D eigenvalue weighted by Gasteiger charge is 2.16. The molecule has 1 N–H and O–H groups in total. The van der Waals surface area contributed by atoms with Crippen LogP contribution in [0.2, 0.25) is 6.82 Å². The van der Waals surface area contributed by atoms with Gasteiger partial charge in [-0.2, -0.15) is 0 Å². The number of benzene rings is 2. The van der Waals surface area contributed by atoms with Crippen molar-refractivity contribution in [3.8, 4) is 0 Å². The number of nitrogens with one attached hydrogen (secondary N) is 1. The normalized spacial score (nSPS) is 11.8. The Morgan fingerprint density at radius 2 is 1.80 bits per heavy atom. The number of fused-ring (bicyclic) bond motifs is 3. The van der Waals surface area contributed by atoms with Crippen molar-refractivity contribution in [2.75, 3.05) is 12.5 Å². The quantitative estimate of drug-likeness (QED) is 0.549. The average molecular weight is 373 g/mol. The molecule has 0 aliphatic carbocycles. The van der Waals surface area contributed by atoms with Crippen LogP contribution >= 0.6 is 11.8 Å². The van der Waals surface area contributed by atoms with E-state index < -0.39 is 15.9 Å². The number of hydrogen-bond acceptors (Lipinski definition) is 4. The van der Waals surface area contributed by atoms with E-state index in [9.17, 15) is 13.2 Å². The van der Waals surface area contributed by atoms with Gasteiger partial charge >= 0.3 is 0 Å². The first-order valence-corrected chi connectivity index (χ1v) is 10.8. The molecule has 0 spiro atoms. The number of carbonyl (C=O) groups excluding carboxylic acids is 1. The van der Waals surface area contributed by atoms with Gasteiger partial charge in [-0.05, 0) is 30.5 Å². The third kappa shape index (κ3) is 3.69. The van der Waals surface area contributed by atoms with Crippen molar-refractivity contribution in [3.63, 3.8) is 0 Å². The van der Waals surface area contributed by atoms with Crippen molar-refractivity contribution in [1.29, 1.82) is 0 Å². The lowest BCUT2D eigenvalue weighted by atomic mass is 9.73. The van der Waals surface area contributed by atoms with Gasteiger partial charge < -0.3 is 4.57 Å². The van der Waals surface area contributed by atoms with Crippen LogP contribution in [0, 0.1) is 0 Å². The third-order valence-corrected chi connectivity index (χ3v) is 5.35. The van der Waals surface area contributed by atoms with Gasteiger partial charge in [0.1, 0.15) is 13.8 Å². The standard InChI is InChI=1S/C17H18BN2O3S2/c1-18-11-4-6-15-13(8-11)14-9-12(24-2)5-7-16(14)20(15)10-17(21)19-25(3,22)23/h4-9H,10H2,1-3H3,(H,19,21). The summed E-state index contributed by atoms with van der Waals surface area (Å²) in [7, 11) is -1.55. The first kappa shape index (κ1) is 17.9. The summed E-state index contributed by atoms with van der Waals surface area (Å²) < 4.78 is 26.5. The molecule has 3 aromatic rings. The predicted octanol–water partition coefficient (Wildman–Crippen LogP) is 1.97. The number of aromatic nitrogens is 1. The maximum Gasteiger partial charge on any atom is 0.253 e. The topological polar surface area (TPSA) is 68.2 Å². The molecule has 2 aromatic carbocycles. The molecule has 1 radical (unpaired) electrons. The van der Waals surface area contributed by atoms with E-state index in [1.54, 1.807) is 11.8 Å². The average Bonchev–Trinajstić information content (AvgIpc) is 2.85. The van der Waals surface area contributed by atoms with Crippen LogP contribution in [0.3, 0.4) is 0 Å². The molecule has 0 unspecified atom stereocenters. The highest BCUT2D eigenvalue weighted by atomic mass is 32.2. The van der Waals surface area contributed by atoms with Gasteiger partial charge in [0.05, 0.1) is 6.26 Å². The fourth-order valence-corrected chi connectivity index (χ4v) is 3.88. The van der Waals surface area contributed by atoms with E-state index in [0.29, 0.717) is 0 Å². The number of hydrogen-bond donors (Lipinski definition) is 1. The lowest BCUT2D eigenvalue weighted by Crippen LogP contribution is -2.32. The molecule has 1 amide bonds. The van der Waals surface area contributed by atoms with Crippen molar-refractivity contribution in [2.45, 2.75) is 18.3 Å². The summed E-state index contributed by atoms with van der Waals surface area (Å²) in [5.74, 6) is -0.554. The Kier molecular flexibility index (Phi) is 4.84. The minimum atomic E-state index is -3.58. The van der Waals surface area contributed by atoms with E-state index in [2.05, 4.69) is 12.1 Å². The molecule has 1 heterocycles. The van der Waals surface area contributed by atoms with E-state index in [0.717, 1.165) is 38.4 Å². The SMILES string of the molecule is C[B]c1ccc2c(c1)c1cc(SC)ccc1n2CC(=O)NS(C)(=O)=O. The molecule has 3 rings (SSSR count). The summed E-state index contributed by atoms with van der Waals surface area (Å²) in [6.07, 6.45) is 3.00. The zero-order chi connectivity index (χ0) is 18.2. The molecule has 5 nitrogen and oxygen atoms in total. The van der Waals surface area contributed by atoms with E-state index in [1.165, 1.54) is 0 Å². The molecule has 0 atom stereocenters. The molecule has 1 aromatic heterocycles. The van der Waals surface area contributed by atoms with E-state index >= 15 is 0 Å². The maximum atomic E-state index is 12.1. The van der Waals surface area contributed by atoms with Crippen molar-refractivity contribution in [1.82, 2.24) is 9.29 Å². The molecule has 0 aliphatic heterocycles. The van der Waals surface area contributed by atoms with Gasteiger partial charge in [-0.1, -0.05) is 24.4 Å². The molecule has 8 heteroatoms. The first-order chi connectivity index (χ1) is 11.8. The van der Waals surface area contributed by atoms with Gasteiger partial charge in [-0.15, -0.1) is 11.8 Å². The first-order valence-electron chi connectivity index (χ1n) is 7.72. The molecule has 0 bridgehead atoms. The predicted molar refractivity (Wildman–Crippen MR) is 105 cm³/mol. The molecular formula is C17H18BN2O3S2. The minimum absolute atomic E-state index is 0.0547. The van der Waals surface area contributed by atoms with Crippen LogP contribution in [0.15, 0.2) is 41.3 Å². The summed E-state index contributed by atoms with van der Waals surface area (Å²) in [6, 6.07) is 12.1. The number of nitrogens with zero attached hydrogens (tertiary/aromatic N) is 1. The molecule has 0 aliphatic rings. The van der Waals surface area contributed by atoms with Crippen LogP contribution in [0.4, 0.5) is 0 Å². The zero-order valence-corrected chi connectivity index (χ0v) is 15.9. The molecular weight excluding hydrogens is 355 g/mol. The zero-order valence-electron chi connectivity index (χ0n) is 14.2. The molecule has 0 saturated carbocycles. The van der Waals surface area contributed by atoms with Crippen LogP contribution in [-0.4, -0.2) is 38.7 Å². The molecule has 25 heavy (non-hydrogen) atoms. The minimum Gasteiger partial charge on any atom is -0.331 e. The fraction of sp³-hybridized carbons (Fsp3) is 0.235. The van der Waals surface area contributed by atoms with Crippen molar-refractivity contribution in [2.24, 2.45) is 0 Å². The van der Waals surface area contributed by atoms with Crippen molar-refractivity contribution >= 4 is 62.2 Å². The Balaban J connectivity index is 2.20. The third-order valence-electron chi connectivity index (χ3n) is 4.03. The summed E-state index contributed by atoms with van der Waals surface area (Å²) >= 11 is 1.66. The molecule has 129 valence electrons. The smallest absolute Gasteiger partial charge is 0.253 e. The highest BCUT2D eigenvalue weighted by Crippen LogP contribution is 2.31. The largest absolute Gasteiger partial charge is 0.331 e. The Morgan fingerprint density at radius 1 is 1.16 bits per heavy atom. The number of carbonyl (C=O) groups is 1. The summed E-state index contributed by atoms with van der Waals surface area (Å²) in [6.45, 7) is 1.92. The Bertz CT molecular complexity index is 1010. The Labute approximate surface area is 152 Å². The second-order valence-corrected chi connectivity index (χ2v) is 8.46. The van der Waals surface area contributed by atoms with Crippen LogP contribution < -0.4 is 10.2 Å². The fourth-order valence-electron chi connectivity index (χ4n) is 2.96. The van der Waals surface area contributed by atoms with Crippen molar-refractivity contribution < 1.29 is 13.2 Å². The van der Waals surface area contributed by atoms with Crippen LogP contribution in [-0.2, 0) is 21.4 Å². The van der Waals surface area contributed by atoms with Gasteiger partial charge in [-0.25, -0.2) is 8.42 Å². The van der Waals surface area contributed by atoms with E-state index in [4.69, 9.17) is 0 Å². The van der Waals surface area contributed by atoms with E-state index in [-0.39, 0.29) is 6.54 Å². The monoisotopic (exact) mass is 373 g/mol. The van der Waals surface area contributed by atoms with Crippen LogP contribution in [0.1, 0.15) is 0 Å². The van der Waals surface area contributed by atoms with E-state index in [1.807, 2.05) is 53.9 Å². The molecule has 0 fully saturated rings. The van der Waals surface area contributed by atoms with Gasteiger partial charge in [0.2, 0.25) is 10.0 Å². The number of amides is 1. The summed E-state index contributed by atoms with van der Waals surface area (Å²) in [4.78, 5) is 13.3.